The molecule has 2 fully saturated rings. The van der Waals surface area contributed by atoms with Crippen molar-refractivity contribution in [2.24, 2.45) is 17.6 Å². The maximum atomic E-state index is 13.7. The Kier molecular flexibility index (Phi) is 11.5. The number of nitrogens with two attached hydrogens (primary N) is 1. The lowest BCUT2D eigenvalue weighted by molar-refractivity contribution is -0.139. The number of likely N-dealkylation sites (tertiary alicyclic amines) is 1. The second-order valence-corrected chi connectivity index (χ2v) is 10.3. The number of nitrogens with one attached hydrogen (secondary N) is 5. The summed E-state index contributed by atoms with van der Waals surface area (Å²) >= 11 is 0. The fourth-order valence-corrected chi connectivity index (χ4v) is 5.09. The fourth-order valence-electron chi connectivity index (χ4n) is 5.09. The minimum absolute atomic E-state index is 0.0282. The number of hydrogen-bond donors (Lipinski definition) is 7. The van der Waals surface area contributed by atoms with E-state index < -0.39 is 47.7 Å². The van der Waals surface area contributed by atoms with Gasteiger partial charge in [0.2, 0.25) is 11.8 Å². The molecule has 2 saturated heterocycles. The van der Waals surface area contributed by atoms with Crippen molar-refractivity contribution in [1.82, 2.24) is 26.2 Å². The highest BCUT2D eigenvalue weighted by Crippen LogP contribution is 2.16. The predicted octanol–water partition coefficient (Wildman–Crippen LogP) is 0.421. The molecule has 1 aromatic carbocycles. The standard InChI is InChI=1S/C27H41N7O5/c28-23(29)21(24(35)31-17-19-11-8-12-30-16-19)22(25(36)34-13-6-1-2-7-14-34)33-27(39)32-20(26(37)38)15-18-9-4-3-5-10-18/h3-5,9-10,19-22,30H,1-2,6-8,11-17H2,(H3,28,29)(H,31,35)(H,37,38)(H2,32,33,39)/t19?,20-,21+,22+/m1/s1. The van der Waals surface area contributed by atoms with Crippen molar-refractivity contribution >= 4 is 29.7 Å². The highest BCUT2D eigenvalue weighted by Gasteiger charge is 2.40. The zero-order chi connectivity index (χ0) is 28.2. The molecular weight excluding hydrogens is 502 g/mol. The van der Waals surface area contributed by atoms with E-state index in [9.17, 15) is 24.3 Å². The van der Waals surface area contributed by atoms with Crippen molar-refractivity contribution in [3.8, 4) is 0 Å². The molecule has 12 nitrogen and oxygen atoms in total. The van der Waals surface area contributed by atoms with Crippen molar-refractivity contribution < 1.29 is 24.3 Å². The highest BCUT2D eigenvalue weighted by molar-refractivity contribution is 6.07. The van der Waals surface area contributed by atoms with Crippen LogP contribution in [0.5, 0.6) is 0 Å². The number of carboxylic acids is 1. The summed E-state index contributed by atoms with van der Waals surface area (Å²) in [6.45, 7) is 2.95. The van der Waals surface area contributed by atoms with Gasteiger partial charge in [-0.3, -0.25) is 15.0 Å². The summed E-state index contributed by atoms with van der Waals surface area (Å²) < 4.78 is 0. The van der Waals surface area contributed by atoms with Gasteiger partial charge in [0.1, 0.15) is 23.8 Å². The van der Waals surface area contributed by atoms with Gasteiger partial charge in [-0.1, -0.05) is 43.2 Å². The van der Waals surface area contributed by atoms with E-state index in [0.29, 0.717) is 25.2 Å². The van der Waals surface area contributed by atoms with Gasteiger partial charge in [-0.25, -0.2) is 9.59 Å². The molecule has 8 N–H and O–H groups in total. The number of piperidine rings is 1. The van der Waals surface area contributed by atoms with Crippen LogP contribution in [0.4, 0.5) is 4.79 Å². The van der Waals surface area contributed by atoms with E-state index in [1.54, 1.807) is 35.2 Å². The van der Waals surface area contributed by atoms with E-state index in [0.717, 1.165) is 51.6 Å². The maximum absolute atomic E-state index is 13.7. The first kappa shape index (κ1) is 29.9. The highest BCUT2D eigenvalue weighted by atomic mass is 16.4. The van der Waals surface area contributed by atoms with E-state index in [1.165, 1.54) is 0 Å². The Bertz CT molecular complexity index is 991. The molecule has 214 valence electrons. The van der Waals surface area contributed by atoms with Gasteiger partial charge in [0.15, 0.2) is 0 Å². The van der Waals surface area contributed by atoms with Crippen LogP contribution >= 0.6 is 0 Å². The van der Waals surface area contributed by atoms with Crippen LogP contribution in [0, 0.1) is 17.2 Å². The van der Waals surface area contributed by atoms with Crippen LogP contribution in [0.15, 0.2) is 30.3 Å². The summed E-state index contributed by atoms with van der Waals surface area (Å²) in [6, 6.07) is 5.17. The first-order valence-electron chi connectivity index (χ1n) is 13.7. The molecule has 12 heteroatoms. The monoisotopic (exact) mass is 543 g/mol. The van der Waals surface area contributed by atoms with Gasteiger partial charge in [-0.15, -0.1) is 0 Å². The molecule has 1 aromatic rings. The topological polar surface area (TPSA) is 190 Å². The lowest BCUT2D eigenvalue weighted by Gasteiger charge is -2.32. The molecular formula is C27H41N7O5. The quantitative estimate of drug-likeness (QED) is 0.155. The number of aliphatic carboxylic acids is 1. The summed E-state index contributed by atoms with van der Waals surface area (Å²) in [4.78, 5) is 53.5. The minimum Gasteiger partial charge on any atom is -0.480 e. The zero-order valence-corrected chi connectivity index (χ0v) is 22.3. The third kappa shape index (κ3) is 9.24. The predicted molar refractivity (Wildman–Crippen MR) is 146 cm³/mol. The van der Waals surface area contributed by atoms with Crippen LogP contribution in [0.3, 0.4) is 0 Å². The number of urea groups is 1. The number of rotatable bonds is 11. The first-order valence-corrected chi connectivity index (χ1v) is 13.7. The maximum Gasteiger partial charge on any atom is 0.326 e. The van der Waals surface area contributed by atoms with Crippen LogP contribution in [0.2, 0.25) is 0 Å². The van der Waals surface area contributed by atoms with Gasteiger partial charge in [0.25, 0.3) is 0 Å². The lowest BCUT2D eigenvalue weighted by atomic mass is 9.94. The van der Waals surface area contributed by atoms with Gasteiger partial charge >= 0.3 is 12.0 Å². The SMILES string of the molecule is N=C(N)[C@@H](C(=O)NCC1CCCNC1)[C@H](NC(=O)N[C@H](Cc1ccccc1)C(=O)O)C(=O)N1CCCCCC1. The molecule has 3 rings (SSSR count). The molecule has 0 radical (unpaired) electrons. The molecule has 2 heterocycles. The molecule has 2 aliphatic heterocycles. The Morgan fingerprint density at radius 1 is 1.05 bits per heavy atom. The number of carbonyl (C=O) groups excluding carboxylic acids is 3. The Morgan fingerprint density at radius 3 is 2.33 bits per heavy atom. The van der Waals surface area contributed by atoms with Gasteiger partial charge in [0, 0.05) is 26.1 Å². The molecule has 0 saturated carbocycles. The van der Waals surface area contributed by atoms with E-state index in [1.807, 2.05) is 0 Å². The average Bonchev–Trinajstić information content (AvgIpc) is 3.21. The van der Waals surface area contributed by atoms with Gasteiger partial charge in [-0.2, -0.15) is 0 Å². The van der Waals surface area contributed by atoms with Crippen LogP contribution in [-0.2, 0) is 20.8 Å². The second-order valence-electron chi connectivity index (χ2n) is 10.3. The number of hydrogen-bond acceptors (Lipinski definition) is 6. The number of nitrogens with zero attached hydrogens (tertiary/aromatic N) is 1. The minimum atomic E-state index is -1.46. The van der Waals surface area contributed by atoms with Crippen molar-refractivity contribution in [2.45, 2.75) is 57.0 Å². The summed E-state index contributed by atoms with van der Waals surface area (Å²) in [5, 5.41) is 28.9. The third-order valence-electron chi connectivity index (χ3n) is 7.27. The Hall–Kier alpha value is -3.67. The molecule has 1 unspecified atom stereocenters. The number of amidine groups is 1. The molecule has 4 amide bonds. The summed E-state index contributed by atoms with van der Waals surface area (Å²) in [5.74, 6) is -4.17. The van der Waals surface area contributed by atoms with Crippen LogP contribution in [-0.4, -0.2) is 84.5 Å². The lowest BCUT2D eigenvalue weighted by Crippen LogP contribution is -2.61. The first-order chi connectivity index (χ1) is 18.8. The summed E-state index contributed by atoms with van der Waals surface area (Å²) in [6.07, 6.45) is 5.46. The summed E-state index contributed by atoms with van der Waals surface area (Å²) in [7, 11) is 0. The number of benzene rings is 1. The van der Waals surface area contributed by atoms with E-state index in [2.05, 4.69) is 21.3 Å². The molecule has 0 spiro atoms. The Morgan fingerprint density at radius 2 is 1.74 bits per heavy atom. The van der Waals surface area contributed by atoms with Gasteiger partial charge in [-0.05, 0) is 50.3 Å². The average molecular weight is 544 g/mol. The van der Waals surface area contributed by atoms with E-state index in [-0.39, 0.29) is 12.3 Å². The normalized spacial score (nSPS) is 20.0. The fraction of sp³-hybridized carbons (Fsp3) is 0.593. The van der Waals surface area contributed by atoms with Crippen molar-refractivity contribution in [3.63, 3.8) is 0 Å². The summed E-state index contributed by atoms with van der Waals surface area (Å²) in [5.41, 5.74) is 6.56. The zero-order valence-electron chi connectivity index (χ0n) is 22.3. The molecule has 4 atom stereocenters. The van der Waals surface area contributed by atoms with Crippen LogP contribution in [0.25, 0.3) is 0 Å². The van der Waals surface area contributed by atoms with E-state index >= 15 is 0 Å². The molecule has 39 heavy (non-hydrogen) atoms. The Balaban J connectivity index is 1.77. The van der Waals surface area contributed by atoms with Gasteiger partial charge in [0.05, 0.1) is 0 Å². The van der Waals surface area contributed by atoms with Gasteiger partial charge < -0.3 is 37.0 Å². The third-order valence-corrected chi connectivity index (χ3v) is 7.27. The number of amides is 4. The smallest absolute Gasteiger partial charge is 0.326 e. The largest absolute Gasteiger partial charge is 0.480 e. The van der Waals surface area contributed by atoms with Crippen molar-refractivity contribution in [3.05, 3.63) is 35.9 Å². The second kappa shape index (κ2) is 15.1. The van der Waals surface area contributed by atoms with Crippen LogP contribution < -0.4 is 27.0 Å². The van der Waals surface area contributed by atoms with Crippen molar-refractivity contribution in [1.29, 1.82) is 5.41 Å². The van der Waals surface area contributed by atoms with Crippen LogP contribution in [0.1, 0.15) is 44.1 Å². The number of carboxylic acid groups (broad SMARTS) is 1. The molecule has 0 bridgehead atoms. The molecule has 2 aliphatic rings. The van der Waals surface area contributed by atoms with E-state index in [4.69, 9.17) is 11.1 Å². The van der Waals surface area contributed by atoms with Crippen molar-refractivity contribution in [2.75, 3.05) is 32.7 Å². The Labute approximate surface area is 229 Å². The molecule has 0 aromatic heterocycles. The number of carbonyl (C=O) groups is 4. The molecule has 0 aliphatic carbocycles.